The average molecular weight is 489 g/mol. The lowest BCUT2D eigenvalue weighted by Crippen LogP contribution is -2.49. The van der Waals surface area contributed by atoms with Gasteiger partial charge in [0.25, 0.3) is 10.0 Å². The molecule has 0 saturated carbocycles. The monoisotopic (exact) mass is 488 g/mol. The van der Waals surface area contributed by atoms with Crippen molar-refractivity contribution in [1.29, 1.82) is 0 Å². The van der Waals surface area contributed by atoms with Crippen molar-refractivity contribution in [2.24, 2.45) is 0 Å². The van der Waals surface area contributed by atoms with Crippen LogP contribution >= 0.6 is 0 Å². The minimum absolute atomic E-state index is 0.0247. The molecular weight excluding hydrogens is 460 g/mol. The molecule has 2 amide bonds. The molecule has 0 fully saturated rings. The largest absolute Gasteiger partial charge is 0.446 e. The number of aromatic nitrogens is 2. The molecule has 0 radical (unpaired) electrons. The van der Waals surface area contributed by atoms with Crippen molar-refractivity contribution in [1.82, 2.24) is 14.4 Å². The van der Waals surface area contributed by atoms with E-state index in [0.29, 0.717) is 16.7 Å². The van der Waals surface area contributed by atoms with Crippen LogP contribution in [0.4, 0.5) is 15.4 Å². The maximum absolute atomic E-state index is 13.2. The standard InChI is InChI=1S/C23H28N4O6S/c1-15(2)32-21(28)25-26(22(29)33-23(4,5)6)20-13-12-19-18(24-20)14-16(3)27(19)34(30,31)17-10-8-7-9-11-17/h7-15H,1-6H3,(H,25,28). The molecule has 182 valence electrons. The molecule has 3 rings (SSSR count). The van der Waals surface area contributed by atoms with Crippen molar-refractivity contribution in [2.75, 3.05) is 5.01 Å². The van der Waals surface area contributed by atoms with Crippen LogP contribution in [-0.2, 0) is 19.5 Å². The van der Waals surface area contributed by atoms with E-state index < -0.39 is 33.9 Å². The van der Waals surface area contributed by atoms with Gasteiger partial charge in [0.15, 0.2) is 5.82 Å². The van der Waals surface area contributed by atoms with Crippen molar-refractivity contribution in [3.05, 3.63) is 54.2 Å². The SMILES string of the molecule is Cc1cc2nc(N(NC(=O)OC(C)C)C(=O)OC(C)(C)C)ccc2n1S(=O)(=O)c1ccccc1. The highest BCUT2D eigenvalue weighted by atomic mass is 32.2. The van der Waals surface area contributed by atoms with Crippen LogP contribution < -0.4 is 10.4 Å². The van der Waals surface area contributed by atoms with Crippen LogP contribution in [0.15, 0.2) is 53.4 Å². The van der Waals surface area contributed by atoms with Gasteiger partial charge in [0.2, 0.25) is 0 Å². The van der Waals surface area contributed by atoms with Crippen LogP contribution in [0.3, 0.4) is 0 Å². The van der Waals surface area contributed by atoms with Gasteiger partial charge in [-0.3, -0.25) is 0 Å². The molecule has 0 atom stereocenters. The van der Waals surface area contributed by atoms with Gasteiger partial charge in [0.05, 0.1) is 22.0 Å². The molecule has 3 aromatic rings. The number of hydrazine groups is 1. The minimum atomic E-state index is -3.88. The van der Waals surface area contributed by atoms with E-state index in [1.807, 2.05) is 0 Å². The van der Waals surface area contributed by atoms with Crippen LogP contribution in [0.25, 0.3) is 11.0 Å². The Bertz CT molecular complexity index is 1310. The minimum Gasteiger partial charge on any atom is -0.446 e. The first-order valence-electron chi connectivity index (χ1n) is 10.6. The summed E-state index contributed by atoms with van der Waals surface area (Å²) >= 11 is 0. The third-order valence-corrected chi connectivity index (χ3v) is 6.24. The van der Waals surface area contributed by atoms with E-state index in [4.69, 9.17) is 9.47 Å². The fourth-order valence-electron chi connectivity index (χ4n) is 3.16. The van der Waals surface area contributed by atoms with Gasteiger partial charge >= 0.3 is 12.2 Å². The molecule has 10 nitrogen and oxygen atoms in total. The molecule has 0 unspecified atom stereocenters. The number of anilines is 1. The average Bonchev–Trinajstić information content (AvgIpc) is 3.06. The molecule has 11 heteroatoms. The first-order valence-corrected chi connectivity index (χ1v) is 12.0. The Hall–Kier alpha value is -3.60. The van der Waals surface area contributed by atoms with Crippen molar-refractivity contribution in [3.8, 4) is 0 Å². The highest BCUT2D eigenvalue weighted by Gasteiger charge is 2.28. The number of aryl methyl sites for hydroxylation is 1. The molecule has 1 N–H and O–H groups in total. The lowest BCUT2D eigenvalue weighted by atomic mass is 10.2. The molecule has 0 spiro atoms. The topological polar surface area (TPSA) is 120 Å². The Labute approximate surface area is 198 Å². The van der Waals surface area contributed by atoms with Gasteiger partial charge in [-0.15, -0.1) is 0 Å². The molecule has 0 bridgehead atoms. The normalized spacial score (nSPS) is 12.0. The van der Waals surface area contributed by atoms with Crippen LogP contribution in [-0.4, -0.2) is 41.3 Å². The molecule has 34 heavy (non-hydrogen) atoms. The highest BCUT2D eigenvalue weighted by molar-refractivity contribution is 7.90. The summed E-state index contributed by atoms with van der Waals surface area (Å²) in [6.45, 7) is 10.0. The van der Waals surface area contributed by atoms with Crippen LogP contribution in [0.1, 0.15) is 40.3 Å². The number of carbonyl (C=O) groups is 2. The number of carbonyl (C=O) groups excluding carboxylic acids is 2. The van der Waals surface area contributed by atoms with Crippen molar-refractivity contribution in [3.63, 3.8) is 0 Å². The molecule has 0 aliphatic heterocycles. The molecule has 2 heterocycles. The molecule has 1 aromatic carbocycles. The summed E-state index contributed by atoms with van der Waals surface area (Å²) in [5.41, 5.74) is 2.55. The number of nitrogens with one attached hydrogen (secondary N) is 1. The second-order valence-corrected chi connectivity index (χ2v) is 10.6. The van der Waals surface area contributed by atoms with Gasteiger partial charge in [-0.05, 0) is 71.9 Å². The van der Waals surface area contributed by atoms with Gasteiger partial charge in [-0.25, -0.2) is 32.4 Å². The van der Waals surface area contributed by atoms with Crippen LogP contribution in [0.5, 0.6) is 0 Å². The molecule has 0 saturated heterocycles. The summed E-state index contributed by atoms with van der Waals surface area (Å²) in [6, 6.07) is 12.6. The first kappa shape index (κ1) is 25.0. The second kappa shape index (κ2) is 9.34. The number of ether oxygens (including phenoxy) is 2. The number of amides is 2. The van der Waals surface area contributed by atoms with Crippen LogP contribution in [0.2, 0.25) is 0 Å². The molecule has 0 aliphatic rings. The Kier molecular flexibility index (Phi) is 6.87. The predicted octanol–water partition coefficient (Wildman–Crippen LogP) is 4.37. The Morgan fingerprint density at radius 1 is 1.09 bits per heavy atom. The zero-order chi connectivity index (χ0) is 25.3. The fraction of sp³-hybridized carbons (Fsp3) is 0.348. The molecular formula is C23H28N4O6S. The maximum Gasteiger partial charge on any atom is 0.435 e. The summed E-state index contributed by atoms with van der Waals surface area (Å²) in [6.07, 6.45) is -2.17. The number of fused-ring (bicyclic) bond motifs is 1. The van der Waals surface area contributed by atoms with E-state index in [0.717, 1.165) is 5.01 Å². The summed E-state index contributed by atoms with van der Waals surface area (Å²) in [7, 11) is -3.88. The van der Waals surface area contributed by atoms with E-state index >= 15 is 0 Å². The zero-order valence-electron chi connectivity index (χ0n) is 19.9. The first-order chi connectivity index (χ1) is 15.8. The second-order valence-electron chi connectivity index (χ2n) is 8.82. The Balaban J connectivity index is 2.06. The molecule has 2 aromatic heterocycles. The Morgan fingerprint density at radius 3 is 2.32 bits per heavy atom. The van der Waals surface area contributed by atoms with Gasteiger partial charge in [-0.1, -0.05) is 18.2 Å². The van der Waals surface area contributed by atoms with Crippen molar-refractivity contribution < 1.29 is 27.5 Å². The molecule has 0 aliphatic carbocycles. The van der Waals surface area contributed by atoms with Gasteiger partial charge in [0, 0.05) is 5.69 Å². The zero-order valence-corrected chi connectivity index (χ0v) is 20.7. The van der Waals surface area contributed by atoms with Gasteiger partial charge < -0.3 is 9.47 Å². The van der Waals surface area contributed by atoms with E-state index in [9.17, 15) is 18.0 Å². The van der Waals surface area contributed by atoms with Gasteiger partial charge in [-0.2, -0.15) is 5.01 Å². The highest BCUT2D eigenvalue weighted by Crippen LogP contribution is 2.27. The van der Waals surface area contributed by atoms with Crippen molar-refractivity contribution >= 4 is 39.1 Å². The number of benzene rings is 1. The Morgan fingerprint density at radius 2 is 1.74 bits per heavy atom. The van der Waals surface area contributed by atoms with Crippen molar-refractivity contribution in [2.45, 2.75) is 58.1 Å². The number of rotatable bonds is 4. The predicted molar refractivity (Wildman–Crippen MR) is 127 cm³/mol. The number of hydrogen-bond donors (Lipinski definition) is 1. The lowest BCUT2D eigenvalue weighted by Gasteiger charge is -2.26. The third kappa shape index (κ3) is 5.48. The van der Waals surface area contributed by atoms with E-state index in [1.54, 1.807) is 65.8 Å². The summed E-state index contributed by atoms with van der Waals surface area (Å²) < 4.78 is 38.1. The fourth-order valence-corrected chi connectivity index (χ4v) is 4.72. The van der Waals surface area contributed by atoms with Crippen LogP contribution in [0, 0.1) is 6.92 Å². The number of nitrogens with zero attached hydrogens (tertiary/aromatic N) is 3. The maximum atomic E-state index is 13.2. The lowest BCUT2D eigenvalue weighted by molar-refractivity contribution is 0.0541. The van der Waals surface area contributed by atoms with E-state index in [1.165, 1.54) is 28.2 Å². The third-order valence-electron chi connectivity index (χ3n) is 4.40. The number of pyridine rings is 1. The summed E-state index contributed by atoms with van der Waals surface area (Å²) in [5.74, 6) is 0.0247. The van der Waals surface area contributed by atoms with E-state index in [2.05, 4.69) is 10.4 Å². The van der Waals surface area contributed by atoms with E-state index in [-0.39, 0.29) is 10.7 Å². The smallest absolute Gasteiger partial charge is 0.435 e. The number of hydrogen-bond acceptors (Lipinski definition) is 7. The summed E-state index contributed by atoms with van der Waals surface area (Å²) in [4.78, 5) is 29.6. The van der Waals surface area contributed by atoms with Gasteiger partial charge in [0.1, 0.15) is 5.60 Å². The quantitative estimate of drug-likeness (QED) is 0.541. The summed E-state index contributed by atoms with van der Waals surface area (Å²) in [5, 5.41) is 0.827.